The minimum atomic E-state index is -0.0945. The second kappa shape index (κ2) is 5.94. The lowest BCUT2D eigenvalue weighted by molar-refractivity contribution is -0.131. The monoisotopic (exact) mass is 221 g/mol. The Labute approximate surface area is 99.2 Å². The molecule has 0 heterocycles. The normalized spacial score (nSPS) is 18.4. The van der Waals surface area contributed by atoms with E-state index in [1.807, 2.05) is 0 Å². The molecular weight excluding hydrogens is 198 g/mol. The summed E-state index contributed by atoms with van der Waals surface area (Å²) in [6.07, 6.45) is 11.3. The maximum Gasteiger partial charge on any atom is 0.226 e. The first-order valence-corrected chi connectivity index (χ1v) is 6.32. The van der Waals surface area contributed by atoms with Gasteiger partial charge in [0.15, 0.2) is 0 Å². The molecule has 0 aromatic rings. The molecule has 1 fully saturated rings. The van der Waals surface area contributed by atoms with Crippen LogP contribution in [-0.4, -0.2) is 12.5 Å². The highest BCUT2D eigenvalue weighted by Crippen LogP contribution is 2.43. The van der Waals surface area contributed by atoms with Crippen LogP contribution in [0.15, 0.2) is 0 Å². The third-order valence-electron chi connectivity index (χ3n) is 3.40. The topological polar surface area (TPSA) is 29.1 Å². The number of carbonyl (C=O) groups excluding carboxylic acids is 1. The Morgan fingerprint density at radius 2 is 2.06 bits per heavy atom. The Morgan fingerprint density at radius 3 is 2.56 bits per heavy atom. The number of terminal acetylenes is 1. The molecule has 2 heteroatoms. The summed E-state index contributed by atoms with van der Waals surface area (Å²) in [5.74, 6) is 3.36. The van der Waals surface area contributed by atoms with Gasteiger partial charge in [0, 0.05) is 18.4 Å². The molecule has 1 aliphatic carbocycles. The van der Waals surface area contributed by atoms with Crippen LogP contribution in [0.3, 0.4) is 0 Å². The number of amides is 1. The lowest BCUT2D eigenvalue weighted by Gasteiger charge is -2.29. The van der Waals surface area contributed by atoms with E-state index in [-0.39, 0.29) is 11.3 Å². The van der Waals surface area contributed by atoms with Crippen molar-refractivity contribution in [2.75, 3.05) is 6.54 Å². The van der Waals surface area contributed by atoms with E-state index >= 15 is 0 Å². The van der Waals surface area contributed by atoms with Crippen molar-refractivity contribution in [1.29, 1.82) is 0 Å². The molecule has 90 valence electrons. The summed E-state index contributed by atoms with van der Waals surface area (Å²) in [5, 5.41) is 2.99. The van der Waals surface area contributed by atoms with Gasteiger partial charge in [0.1, 0.15) is 0 Å². The predicted molar refractivity (Wildman–Crippen MR) is 66.8 cm³/mol. The fourth-order valence-electron chi connectivity index (χ4n) is 2.79. The molecule has 0 aromatic carbocycles. The van der Waals surface area contributed by atoms with E-state index in [0.717, 1.165) is 19.3 Å². The molecule has 1 amide bonds. The SMILES string of the molecule is C#CCCNC(=O)C1(CC(C)C)CCCC1. The van der Waals surface area contributed by atoms with Crippen molar-refractivity contribution < 1.29 is 4.79 Å². The molecule has 0 radical (unpaired) electrons. The molecular formula is C14H23NO. The predicted octanol–water partition coefficient (Wildman–Crippen LogP) is 2.73. The van der Waals surface area contributed by atoms with Gasteiger partial charge in [-0.05, 0) is 25.2 Å². The highest BCUT2D eigenvalue weighted by molar-refractivity contribution is 5.82. The van der Waals surface area contributed by atoms with Crippen LogP contribution in [0, 0.1) is 23.7 Å². The van der Waals surface area contributed by atoms with E-state index in [1.54, 1.807) is 0 Å². The summed E-state index contributed by atoms with van der Waals surface area (Å²) in [5.41, 5.74) is -0.0945. The third-order valence-corrected chi connectivity index (χ3v) is 3.40. The van der Waals surface area contributed by atoms with Gasteiger partial charge < -0.3 is 5.32 Å². The summed E-state index contributed by atoms with van der Waals surface area (Å²) in [6, 6.07) is 0. The quantitative estimate of drug-likeness (QED) is 0.561. The van der Waals surface area contributed by atoms with Gasteiger partial charge in [0.05, 0.1) is 0 Å². The summed E-state index contributed by atoms with van der Waals surface area (Å²) < 4.78 is 0. The zero-order valence-electron chi connectivity index (χ0n) is 10.5. The summed E-state index contributed by atoms with van der Waals surface area (Å²) in [7, 11) is 0. The van der Waals surface area contributed by atoms with Crippen molar-refractivity contribution in [2.45, 2.75) is 52.4 Å². The average molecular weight is 221 g/mol. The molecule has 0 aromatic heterocycles. The van der Waals surface area contributed by atoms with Gasteiger partial charge >= 0.3 is 0 Å². The molecule has 1 N–H and O–H groups in total. The van der Waals surface area contributed by atoms with E-state index in [2.05, 4.69) is 25.1 Å². The molecule has 0 atom stereocenters. The number of hydrogen-bond acceptors (Lipinski definition) is 1. The fourth-order valence-corrected chi connectivity index (χ4v) is 2.79. The van der Waals surface area contributed by atoms with Gasteiger partial charge in [-0.3, -0.25) is 4.79 Å². The first kappa shape index (κ1) is 13.1. The molecule has 0 aliphatic heterocycles. The molecule has 0 saturated heterocycles. The maximum absolute atomic E-state index is 12.2. The van der Waals surface area contributed by atoms with E-state index in [0.29, 0.717) is 18.9 Å². The molecule has 1 saturated carbocycles. The van der Waals surface area contributed by atoms with E-state index in [9.17, 15) is 4.79 Å². The number of nitrogens with one attached hydrogen (secondary N) is 1. The standard InChI is InChI=1S/C14H23NO/c1-4-5-10-15-13(16)14(11-12(2)3)8-6-7-9-14/h1,12H,5-11H2,2-3H3,(H,15,16). The molecule has 0 bridgehead atoms. The van der Waals surface area contributed by atoms with Crippen molar-refractivity contribution in [3.05, 3.63) is 0 Å². The highest BCUT2D eigenvalue weighted by Gasteiger charge is 2.40. The molecule has 2 nitrogen and oxygen atoms in total. The van der Waals surface area contributed by atoms with Crippen LogP contribution in [0.5, 0.6) is 0 Å². The van der Waals surface area contributed by atoms with Gasteiger partial charge in [0.2, 0.25) is 5.91 Å². The van der Waals surface area contributed by atoms with Crippen molar-refractivity contribution in [1.82, 2.24) is 5.32 Å². The van der Waals surface area contributed by atoms with Gasteiger partial charge in [-0.15, -0.1) is 12.3 Å². The van der Waals surface area contributed by atoms with E-state index in [4.69, 9.17) is 6.42 Å². The third kappa shape index (κ3) is 3.27. The first-order valence-electron chi connectivity index (χ1n) is 6.32. The number of carbonyl (C=O) groups is 1. The Bertz CT molecular complexity index is 269. The van der Waals surface area contributed by atoms with Gasteiger partial charge in [-0.25, -0.2) is 0 Å². The smallest absolute Gasteiger partial charge is 0.226 e. The molecule has 16 heavy (non-hydrogen) atoms. The Hall–Kier alpha value is -0.970. The molecule has 0 unspecified atom stereocenters. The molecule has 0 spiro atoms. The van der Waals surface area contributed by atoms with Crippen molar-refractivity contribution >= 4 is 5.91 Å². The van der Waals surface area contributed by atoms with Crippen LogP contribution >= 0.6 is 0 Å². The highest BCUT2D eigenvalue weighted by atomic mass is 16.2. The molecule has 1 rings (SSSR count). The minimum Gasteiger partial charge on any atom is -0.355 e. The Morgan fingerprint density at radius 1 is 1.44 bits per heavy atom. The van der Waals surface area contributed by atoms with Crippen molar-refractivity contribution in [3.8, 4) is 12.3 Å². The zero-order valence-corrected chi connectivity index (χ0v) is 10.5. The van der Waals surface area contributed by atoms with Crippen LogP contribution in [0.25, 0.3) is 0 Å². The van der Waals surface area contributed by atoms with Crippen LogP contribution in [0.2, 0.25) is 0 Å². The Kier molecular flexibility index (Phi) is 4.86. The lowest BCUT2D eigenvalue weighted by atomic mass is 9.77. The second-order valence-corrected chi connectivity index (χ2v) is 5.30. The van der Waals surface area contributed by atoms with Crippen LogP contribution in [0.4, 0.5) is 0 Å². The van der Waals surface area contributed by atoms with Gasteiger partial charge in [0.25, 0.3) is 0 Å². The van der Waals surface area contributed by atoms with Gasteiger partial charge in [-0.2, -0.15) is 0 Å². The Balaban J connectivity index is 2.55. The largest absolute Gasteiger partial charge is 0.355 e. The minimum absolute atomic E-state index is 0.0945. The first-order chi connectivity index (χ1) is 7.60. The van der Waals surface area contributed by atoms with Crippen LogP contribution in [-0.2, 0) is 4.79 Å². The summed E-state index contributed by atoms with van der Waals surface area (Å²) >= 11 is 0. The fraction of sp³-hybridized carbons (Fsp3) is 0.786. The van der Waals surface area contributed by atoms with Gasteiger partial charge in [-0.1, -0.05) is 26.7 Å². The van der Waals surface area contributed by atoms with Crippen LogP contribution in [0.1, 0.15) is 52.4 Å². The zero-order chi connectivity index (χ0) is 12.0. The maximum atomic E-state index is 12.2. The number of hydrogen-bond donors (Lipinski definition) is 1. The summed E-state index contributed by atoms with van der Waals surface area (Å²) in [6.45, 7) is 5.00. The molecule has 1 aliphatic rings. The average Bonchev–Trinajstić information content (AvgIpc) is 2.67. The number of rotatable bonds is 5. The van der Waals surface area contributed by atoms with Crippen molar-refractivity contribution in [3.63, 3.8) is 0 Å². The second-order valence-electron chi connectivity index (χ2n) is 5.30. The van der Waals surface area contributed by atoms with E-state index in [1.165, 1.54) is 12.8 Å². The summed E-state index contributed by atoms with van der Waals surface area (Å²) in [4.78, 5) is 12.2. The van der Waals surface area contributed by atoms with Crippen LogP contribution < -0.4 is 5.32 Å². The lowest BCUT2D eigenvalue weighted by Crippen LogP contribution is -2.40. The van der Waals surface area contributed by atoms with E-state index < -0.39 is 0 Å². The van der Waals surface area contributed by atoms with Crippen molar-refractivity contribution in [2.24, 2.45) is 11.3 Å².